The molecule has 0 amide bonds. The first-order chi connectivity index (χ1) is 9.36. The number of nitrogens with zero attached hydrogens (tertiary/aromatic N) is 1. The monoisotopic (exact) mass is 258 g/mol. The van der Waals surface area contributed by atoms with Crippen LogP contribution in [-0.2, 0) is 4.74 Å². The Kier molecular flexibility index (Phi) is 5.31. The summed E-state index contributed by atoms with van der Waals surface area (Å²) in [5.41, 5.74) is 1.08. The summed E-state index contributed by atoms with van der Waals surface area (Å²) in [7, 11) is 0. The summed E-state index contributed by atoms with van der Waals surface area (Å²) in [4.78, 5) is 4.56. The number of benzene rings is 1. The van der Waals surface area contributed by atoms with E-state index in [1.165, 1.54) is 10.8 Å². The van der Waals surface area contributed by atoms with Crippen molar-refractivity contribution in [2.45, 2.75) is 26.3 Å². The lowest BCUT2D eigenvalue weighted by Gasteiger charge is -2.19. The van der Waals surface area contributed by atoms with Gasteiger partial charge in [-0.15, -0.1) is 0 Å². The molecular formula is C16H22N2O. The molecule has 3 heteroatoms. The van der Waals surface area contributed by atoms with E-state index in [0.717, 1.165) is 25.3 Å². The Morgan fingerprint density at radius 2 is 2.05 bits per heavy atom. The van der Waals surface area contributed by atoms with E-state index in [1.807, 2.05) is 6.20 Å². The molecule has 1 aromatic heterocycles. The number of rotatable bonds is 7. The van der Waals surface area contributed by atoms with Crippen LogP contribution in [0.15, 0.2) is 36.5 Å². The van der Waals surface area contributed by atoms with Gasteiger partial charge in [0.05, 0.1) is 18.3 Å². The van der Waals surface area contributed by atoms with Crippen molar-refractivity contribution in [2.24, 2.45) is 0 Å². The van der Waals surface area contributed by atoms with Gasteiger partial charge in [-0.1, -0.05) is 38.1 Å². The average molecular weight is 258 g/mol. The van der Waals surface area contributed by atoms with Crippen molar-refractivity contribution in [1.29, 1.82) is 0 Å². The van der Waals surface area contributed by atoms with E-state index in [1.54, 1.807) is 0 Å². The number of fused-ring (bicyclic) bond motifs is 1. The quantitative estimate of drug-likeness (QED) is 0.774. The summed E-state index contributed by atoms with van der Waals surface area (Å²) >= 11 is 0. The van der Waals surface area contributed by atoms with Gasteiger partial charge in [0.25, 0.3) is 0 Å². The minimum absolute atomic E-state index is 0.155. The Bertz CT molecular complexity index is 508. The number of aromatic nitrogens is 1. The molecule has 1 heterocycles. The fourth-order valence-corrected chi connectivity index (χ4v) is 2.25. The molecule has 2 rings (SSSR count). The number of pyridine rings is 1. The molecule has 0 aliphatic carbocycles. The van der Waals surface area contributed by atoms with Crippen molar-refractivity contribution in [3.8, 4) is 0 Å². The molecule has 0 fully saturated rings. The summed E-state index contributed by atoms with van der Waals surface area (Å²) < 4.78 is 5.70. The fraction of sp³-hybridized carbons (Fsp3) is 0.438. The molecule has 0 saturated carbocycles. The summed E-state index contributed by atoms with van der Waals surface area (Å²) in [6.45, 7) is 6.61. The lowest BCUT2D eigenvalue weighted by Crippen LogP contribution is -2.26. The van der Waals surface area contributed by atoms with E-state index in [9.17, 15) is 0 Å². The Labute approximate surface area is 115 Å². The first kappa shape index (κ1) is 14.0. The third kappa shape index (κ3) is 3.52. The Morgan fingerprint density at radius 1 is 1.21 bits per heavy atom. The minimum atomic E-state index is 0.155. The number of nitrogens with one attached hydrogen (secondary N) is 1. The molecule has 0 saturated heterocycles. The van der Waals surface area contributed by atoms with Crippen molar-refractivity contribution in [3.05, 3.63) is 42.2 Å². The van der Waals surface area contributed by atoms with Crippen LogP contribution in [0.4, 0.5) is 0 Å². The molecule has 0 aliphatic heterocycles. The zero-order valence-electron chi connectivity index (χ0n) is 11.7. The van der Waals surface area contributed by atoms with Crippen molar-refractivity contribution >= 4 is 10.8 Å². The molecule has 3 nitrogen and oxygen atoms in total. The predicted octanol–water partition coefficient (Wildman–Crippen LogP) is 3.31. The molecule has 1 atom stereocenters. The van der Waals surface area contributed by atoms with Gasteiger partial charge in [0.15, 0.2) is 0 Å². The highest BCUT2D eigenvalue weighted by molar-refractivity contribution is 5.84. The van der Waals surface area contributed by atoms with Crippen LogP contribution >= 0.6 is 0 Å². The number of ether oxygens (including phenoxy) is 1. The molecule has 102 valence electrons. The third-order valence-corrected chi connectivity index (χ3v) is 3.12. The van der Waals surface area contributed by atoms with E-state index >= 15 is 0 Å². The average Bonchev–Trinajstić information content (AvgIpc) is 2.46. The van der Waals surface area contributed by atoms with E-state index in [-0.39, 0.29) is 6.04 Å². The number of likely N-dealkylation sites (N-methyl/N-ethyl adjacent to an activating group) is 1. The summed E-state index contributed by atoms with van der Waals surface area (Å²) in [6, 6.07) is 10.6. The van der Waals surface area contributed by atoms with E-state index < -0.39 is 0 Å². The van der Waals surface area contributed by atoms with Crippen LogP contribution in [0.25, 0.3) is 10.8 Å². The van der Waals surface area contributed by atoms with Crippen LogP contribution in [0.2, 0.25) is 0 Å². The second-order valence-corrected chi connectivity index (χ2v) is 4.60. The standard InChI is InChI=1S/C16H22N2O/c1-3-11-19-12-15(17-4-2)16-14-8-6-5-7-13(14)9-10-18-16/h5-10,15,17H,3-4,11-12H2,1-2H3. The van der Waals surface area contributed by atoms with Gasteiger partial charge in [-0.25, -0.2) is 0 Å². The van der Waals surface area contributed by atoms with Gasteiger partial charge in [-0.05, 0) is 24.4 Å². The highest BCUT2D eigenvalue weighted by Crippen LogP contribution is 2.22. The first-order valence-electron chi connectivity index (χ1n) is 7.01. The molecule has 1 unspecified atom stereocenters. The minimum Gasteiger partial charge on any atom is -0.379 e. The van der Waals surface area contributed by atoms with Gasteiger partial charge in [0.2, 0.25) is 0 Å². The number of hydrogen-bond donors (Lipinski definition) is 1. The van der Waals surface area contributed by atoms with E-state index in [0.29, 0.717) is 6.61 Å². The lowest BCUT2D eigenvalue weighted by molar-refractivity contribution is 0.112. The fourth-order valence-electron chi connectivity index (χ4n) is 2.25. The zero-order valence-corrected chi connectivity index (χ0v) is 11.7. The maximum Gasteiger partial charge on any atom is 0.0738 e. The first-order valence-corrected chi connectivity index (χ1v) is 7.01. The van der Waals surface area contributed by atoms with Crippen LogP contribution in [-0.4, -0.2) is 24.7 Å². The van der Waals surface area contributed by atoms with Gasteiger partial charge in [0.1, 0.15) is 0 Å². The predicted molar refractivity (Wildman–Crippen MR) is 79.3 cm³/mol. The molecule has 1 N–H and O–H groups in total. The van der Waals surface area contributed by atoms with Gasteiger partial charge < -0.3 is 10.1 Å². The largest absolute Gasteiger partial charge is 0.379 e. The van der Waals surface area contributed by atoms with Crippen molar-refractivity contribution in [2.75, 3.05) is 19.8 Å². The van der Waals surface area contributed by atoms with Crippen LogP contribution < -0.4 is 5.32 Å². The van der Waals surface area contributed by atoms with Gasteiger partial charge in [-0.2, -0.15) is 0 Å². The lowest BCUT2D eigenvalue weighted by atomic mass is 10.1. The Hall–Kier alpha value is -1.45. The highest BCUT2D eigenvalue weighted by Gasteiger charge is 2.14. The smallest absolute Gasteiger partial charge is 0.0738 e. The summed E-state index contributed by atoms with van der Waals surface area (Å²) in [5, 5.41) is 5.89. The Morgan fingerprint density at radius 3 is 2.84 bits per heavy atom. The maximum atomic E-state index is 5.70. The van der Waals surface area contributed by atoms with E-state index in [4.69, 9.17) is 4.74 Å². The Balaban J connectivity index is 2.27. The second-order valence-electron chi connectivity index (χ2n) is 4.60. The highest BCUT2D eigenvalue weighted by atomic mass is 16.5. The molecule has 0 bridgehead atoms. The molecule has 0 radical (unpaired) electrons. The topological polar surface area (TPSA) is 34.1 Å². The molecule has 0 spiro atoms. The van der Waals surface area contributed by atoms with E-state index in [2.05, 4.69) is 54.5 Å². The van der Waals surface area contributed by atoms with Crippen molar-refractivity contribution < 1.29 is 4.74 Å². The van der Waals surface area contributed by atoms with Crippen molar-refractivity contribution in [1.82, 2.24) is 10.3 Å². The molecular weight excluding hydrogens is 236 g/mol. The van der Waals surface area contributed by atoms with Gasteiger partial charge in [0, 0.05) is 18.2 Å². The van der Waals surface area contributed by atoms with Gasteiger partial charge in [-0.3, -0.25) is 4.98 Å². The second kappa shape index (κ2) is 7.22. The zero-order chi connectivity index (χ0) is 13.5. The van der Waals surface area contributed by atoms with Crippen LogP contribution in [0.5, 0.6) is 0 Å². The number of hydrogen-bond acceptors (Lipinski definition) is 3. The SMILES string of the molecule is CCCOCC(NCC)c1nccc2ccccc12. The van der Waals surface area contributed by atoms with Crippen LogP contribution in [0, 0.1) is 0 Å². The van der Waals surface area contributed by atoms with Crippen molar-refractivity contribution in [3.63, 3.8) is 0 Å². The summed E-state index contributed by atoms with van der Waals surface area (Å²) in [6.07, 6.45) is 2.92. The molecule has 2 aromatic rings. The molecule has 1 aromatic carbocycles. The van der Waals surface area contributed by atoms with Crippen LogP contribution in [0.3, 0.4) is 0 Å². The summed E-state index contributed by atoms with van der Waals surface area (Å²) in [5.74, 6) is 0. The normalized spacial score (nSPS) is 12.7. The molecule has 0 aliphatic rings. The third-order valence-electron chi connectivity index (χ3n) is 3.12. The van der Waals surface area contributed by atoms with Crippen LogP contribution in [0.1, 0.15) is 32.0 Å². The molecule has 19 heavy (non-hydrogen) atoms. The maximum absolute atomic E-state index is 5.70. The van der Waals surface area contributed by atoms with Gasteiger partial charge >= 0.3 is 0 Å².